The lowest BCUT2D eigenvalue weighted by molar-refractivity contribution is 0.104. The molecule has 9 heteroatoms. The number of nitrogen functional groups attached to an aromatic ring is 1. The van der Waals surface area contributed by atoms with Crippen molar-refractivity contribution >= 4 is 23.4 Å². The summed E-state index contributed by atoms with van der Waals surface area (Å²) < 4.78 is 14.2. The van der Waals surface area contributed by atoms with E-state index in [1.54, 1.807) is 43.5 Å². The Morgan fingerprint density at radius 1 is 1.12 bits per heavy atom. The van der Waals surface area contributed by atoms with Gasteiger partial charge in [0.2, 0.25) is 0 Å². The Kier molecular flexibility index (Phi) is 5.60. The molecule has 1 spiro atoms. The zero-order valence-electron chi connectivity index (χ0n) is 19.4. The Morgan fingerprint density at radius 3 is 2.48 bits per heavy atom. The van der Waals surface area contributed by atoms with E-state index in [0.717, 1.165) is 68.9 Å². The van der Waals surface area contributed by atoms with Crippen LogP contribution < -0.4 is 15.5 Å². The first-order valence-corrected chi connectivity index (χ1v) is 11.7. The van der Waals surface area contributed by atoms with Crippen LogP contribution in [0.4, 0.5) is 26.5 Å². The molecule has 2 N–H and O–H groups in total. The lowest BCUT2D eigenvalue weighted by Gasteiger charge is -2.45. The molecule has 8 nitrogen and oxygen atoms in total. The molecule has 1 aromatic carbocycles. The molecular formula is C24H32FN7O. The van der Waals surface area contributed by atoms with Crippen molar-refractivity contribution in [1.29, 1.82) is 0 Å². The average Bonchev–Trinajstić information content (AvgIpc) is 3.12. The van der Waals surface area contributed by atoms with Gasteiger partial charge in [-0.1, -0.05) is 0 Å². The van der Waals surface area contributed by atoms with Crippen LogP contribution >= 0.6 is 0 Å². The normalized spacial score (nSPS) is 20.8. The molecule has 3 aliphatic rings. The number of anilines is 3. The van der Waals surface area contributed by atoms with Crippen LogP contribution in [0, 0.1) is 5.82 Å². The summed E-state index contributed by atoms with van der Waals surface area (Å²) in [6.07, 6.45) is 7.28. The number of nitrogens with zero attached hydrogens (tertiary/aromatic N) is 6. The number of fused-ring (bicyclic) bond motifs is 2. The number of halogens is 1. The Balaban J connectivity index is 1.26. The van der Waals surface area contributed by atoms with Crippen LogP contribution in [0.5, 0.6) is 0 Å². The standard InChI is InChI=1S/C24H32FN7O/c1-29(2)23(33)32-16-24(19-15-17(25)3-4-20(19)32)7-13-30(14-8-24)18-5-11-31(12-6-18)22-21(26)27-9-10-28-22/h3-4,9-10,15,18H,5-8,11-14,16H2,1-2H3,(H2,26,27). The molecule has 0 saturated carbocycles. The molecule has 176 valence electrons. The summed E-state index contributed by atoms with van der Waals surface area (Å²) in [5.74, 6) is 1.04. The molecule has 4 heterocycles. The largest absolute Gasteiger partial charge is 0.381 e. The number of aromatic nitrogens is 2. The zero-order chi connectivity index (χ0) is 23.2. The summed E-state index contributed by atoms with van der Waals surface area (Å²) in [7, 11) is 3.53. The maximum absolute atomic E-state index is 14.2. The maximum Gasteiger partial charge on any atom is 0.323 e. The van der Waals surface area contributed by atoms with Crippen LogP contribution in [0.25, 0.3) is 0 Å². The van der Waals surface area contributed by atoms with Crippen molar-refractivity contribution in [2.24, 2.45) is 0 Å². The van der Waals surface area contributed by atoms with E-state index in [4.69, 9.17) is 5.73 Å². The van der Waals surface area contributed by atoms with Gasteiger partial charge in [0, 0.05) is 63.3 Å². The molecule has 2 fully saturated rings. The van der Waals surface area contributed by atoms with Crippen LogP contribution in [0.3, 0.4) is 0 Å². The highest BCUT2D eigenvalue weighted by molar-refractivity contribution is 5.95. The Hall–Kier alpha value is -2.94. The van der Waals surface area contributed by atoms with E-state index in [1.807, 2.05) is 4.90 Å². The fraction of sp³-hybridized carbons (Fsp3) is 0.542. The van der Waals surface area contributed by atoms with E-state index >= 15 is 0 Å². The van der Waals surface area contributed by atoms with Gasteiger partial charge in [0.15, 0.2) is 11.6 Å². The lowest BCUT2D eigenvalue weighted by Crippen LogP contribution is -2.52. The minimum Gasteiger partial charge on any atom is -0.381 e. The predicted octanol–water partition coefficient (Wildman–Crippen LogP) is 2.70. The Labute approximate surface area is 194 Å². The molecular weight excluding hydrogens is 421 g/mol. The van der Waals surface area contributed by atoms with Crippen molar-refractivity contribution in [2.75, 3.05) is 62.4 Å². The predicted molar refractivity (Wildman–Crippen MR) is 127 cm³/mol. The minimum atomic E-state index is -0.231. The number of urea groups is 1. The number of rotatable bonds is 2. The van der Waals surface area contributed by atoms with Gasteiger partial charge < -0.3 is 20.4 Å². The summed E-state index contributed by atoms with van der Waals surface area (Å²) in [6.45, 7) is 4.36. The third kappa shape index (κ3) is 3.88. The van der Waals surface area contributed by atoms with Crippen LogP contribution in [0.2, 0.25) is 0 Å². The molecule has 1 aromatic heterocycles. The fourth-order valence-electron chi connectivity index (χ4n) is 5.83. The van der Waals surface area contributed by atoms with Gasteiger partial charge in [-0.05, 0) is 62.5 Å². The summed E-state index contributed by atoms with van der Waals surface area (Å²) in [5.41, 5.74) is 7.69. The third-order valence-electron chi connectivity index (χ3n) is 7.64. The monoisotopic (exact) mass is 453 g/mol. The maximum atomic E-state index is 14.2. The van der Waals surface area contributed by atoms with Gasteiger partial charge >= 0.3 is 6.03 Å². The van der Waals surface area contributed by atoms with Gasteiger partial charge in [0.25, 0.3) is 0 Å². The summed E-state index contributed by atoms with van der Waals surface area (Å²) in [5, 5.41) is 0. The quantitative estimate of drug-likeness (QED) is 0.753. The van der Waals surface area contributed by atoms with Crippen LogP contribution in [0.15, 0.2) is 30.6 Å². The summed E-state index contributed by atoms with van der Waals surface area (Å²) in [6, 6.07) is 5.35. The van der Waals surface area contributed by atoms with Gasteiger partial charge in [0.1, 0.15) is 5.82 Å². The second-order valence-electron chi connectivity index (χ2n) is 9.72. The Morgan fingerprint density at radius 2 is 1.82 bits per heavy atom. The summed E-state index contributed by atoms with van der Waals surface area (Å²) >= 11 is 0. The molecule has 0 radical (unpaired) electrons. The first kappa shape index (κ1) is 21.9. The van der Waals surface area contributed by atoms with Gasteiger partial charge in [-0.3, -0.25) is 4.90 Å². The molecule has 2 amide bonds. The molecule has 3 aliphatic heterocycles. The van der Waals surface area contributed by atoms with Gasteiger partial charge in [-0.15, -0.1) is 0 Å². The van der Waals surface area contributed by atoms with E-state index in [1.165, 1.54) is 6.07 Å². The molecule has 5 rings (SSSR count). The van der Waals surface area contributed by atoms with Crippen molar-refractivity contribution in [1.82, 2.24) is 19.8 Å². The first-order chi connectivity index (χ1) is 15.9. The fourth-order valence-corrected chi connectivity index (χ4v) is 5.83. The second-order valence-corrected chi connectivity index (χ2v) is 9.72. The molecule has 0 bridgehead atoms. The number of hydrogen-bond donors (Lipinski definition) is 1. The van der Waals surface area contributed by atoms with Crippen molar-refractivity contribution in [3.63, 3.8) is 0 Å². The van der Waals surface area contributed by atoms with E-state index in [0.29, 0.717) is 18.4 Å². The number of amides is 2. The number of benzene rings is 1. The van der Waals surface area contributed by atoms with Gasteiger partial charge in [-0.25, -0.2) is 19.2 Å². The van der Waals surface area contributed by atoms with E-state index in [-0.39, 0.29) is 17.3 Å². The molecule has 2 saturated heterocycles. The van der Waals surface area contributed by atoms with Crippen molar-refractivity contribution < 1.29 is 9.18 Å². The molecule has 0 unspecified atom stereocenters. The smallest absolute Gasteiger partial charge is 0.323 e. The lowest BCUT2D eigenvalue weighted by atomic mass is 9.74. The number of carbonyl (C=O) groups is 1. The minimum absolute atomic E-state index is 0.0437. The molecule has 2 aromatic rings. The SMILES string of the molecule is CN(C)C(=O)N1CC2(CCN(C3CCN(c4nccnc4N)CC3)CC2)c2cc(F)ccc21. The van der Waals surface area contributed by atoms with E-state index in [2.05, 4.69) is 19.8 Å². The summed E-state index contributed by atoms with van der Waals surface area (Å²) in [4.78, 5) is 29.6. The second kappa shape index (κ2) is 8.44. The van der Waals surface area contributed by atoms with Crippen molar-refractivity contribution in [3.05, 3.63) is 42.0 Å². The molecule has 0 atom stereocenters. The van der Waals surface area contributed by atoms with E-state index < -0.39 is 0 Å². The number of hydrogen-bond acceptors (Lipinski definition) is 6. The average molecular weight is 454 g/mol. The van der Waals surface area contributed by atoms with Gasteiger partial charge in [0.05, 0.1) is 0 Å². The van der Waals surface area contributed by atoms with E-state index in [9.17, 15) is 9.18 Å². The van der Waals surface area contributed by atoms with Crippen molar-refractivity contribution in [2.45, 2.75) is 37.1 Å². The van der Waals surface area contributed by atoms with Crippen LogP contribution in [-0.2, 0) is 5.41 Å². The number of piperidine rings is 2. The number of likely N-dealkylation sites (tertiary alicyclic amines) is 1. The highest BCUT2D eigenvalue weighted by Gasteiger charge is 2.47. The van der Waals surface area contributed by atoms with Gasteiger partial charge in [-0.2, -0.15) is 0 Å². The topological polar surface area (TPSA) is 81.8 Å². The third-order valence-corrected chi connectivity index (χ3v) is 7.64. The molecule has 33 heavy (non-hydrogen) atoms. The number of carbonyl (C=O) groups excluding carboxylic acids is 1. The van der Waals surface area contributed by atoms with Crippen molar-refractivity contribution in [3.8, 4) is 0 Å². The highest BCUT2D eigenvalue weighted by Crippen LogP contribution is 2.48. The van der Waals surface area contributed by atoms with Crippen LogP contribution in [0.1, 0.15) is 31.2 Å². The number of nitrogens with two attached hydrogens (primary N) is 1. The highest BCUT2D eigenvalue weighted by atomic mass is 19.1. The van der Waals surface area contributed by atoms with Crippen LogP contribution in [-0.4, -0.2) is 78.7 Å². The molecule has 0 aliphatic carbocycles. The first-order valence-electron chi connectivity index (χ1n) is 11.7. The Bertz CT molecular complexity index is 1030. The zero-order valence-corrected chi connectivity index (χ0v) is 19.4.